The van der Waals surface area contributed by atoms with Crippen molar-refractivity contribution >= 4 is 30.1 Å². The van der Waals surface area contributed by atoms with E-state index < -0.39 is 18.0 Å². The van der Waals surface area contributed by atoms with Gasteiger partial charge in [0.2, 0.25) is 0 Å². The minimum atomic E-state index is -0.567. The number of aliphatic hydroxyl groups excluding tert-OH is 1. The molecule has 1 aromatic rings. The van der Waals surface area contributed by atoms with Crippen LogP contribution in [0, 0.1) is 0 Å². The van der Waals surface area contributed by atoms with Crippen LogP contribution in [0.4, 0.5) is 4.79 Å². The van der Waals surface area contributed by atoms with E-state index in [4.69, 9.17) is 9.84 Å². The summed E-state index contributed by atoms with van der Waals surface area (Å²) in [6.45, 7) is 5.50. The van der Waals surface area contributed by atoms with E-state index in [1.54, 1.807) is 41.5 Å². The SMILES string of the molecule is CC(C)(C)OC(=O)N1CCC[C@H]1/C=N/NC(=O)c1ccc(/C=C/C(=O)CO)cc1. The lowest BCUT2D eigenvalue weighted by Gasteiger charge is -2.26. The number of hydrazone groups is 1. The zero-order chi connectivity index (χ0) is 21.4. The van der Waals surface area contributed by atoms with Gasteiger partial charge in [0.05, 0.1) is 6.04 Å². The van der Waals surface area contributed by atoms with Crippen LogP contribution >= 0.6 is 0 Å². The number of hydrogen-bond donors (Lipinski definition) is 2. The molecule has 1 aliphatic heterocycles. The van der Waals surface area contributed by atoms with Crippen molar-refractivity contribution in [1.29, 1.82) is 0 Å². The minimum Gasteiger partial charge on any atom is -0.444 e. The molecule has 0 bridgehead atoms. The lowest BCUT2D eigenvalue weighted by Crippen LogP contribution is -2.40. The summed E-state index contributed by atoms with van der Waals surface area (Å²) in [6, 6.07) is 6.36. The monoisotopic (exact) mass is 401 g/mol. The molecule has 0 radical (unpaired) electrons. The third-order valence-electron chi connectivity index (χ3n) is 4.13. The Morgan fingerprint density at radius 3 is 2.59 bits per heavy atom. The molecular weight excluding hydrogens is 374 g/mol. The van der Waals surface area contributed by atoms with Gasteiger partial charge in [-0.2, -0.15) is 5.10 Å². The van der Waals surface area contributed by atoms with Crippen molar-refractivity contribution in [3.8, 4) is 0 Å². The van der Waals surface area contributed by atoms with Crippen LogP contribution in [0.2, 0.25) is 0 Å². The largest absolute Gasteiger partial charge is 0.444 e. The average Bonchev–Trinajstić information content (AvgIpc) is 3.13. The van der Waals surface area contributed by atoms with Crippen LogP contribution in [0.5, 0.6) is 0 Å². The first-order chi connectivity index (χ1) is 13.7. The molecule has 29 heavy (non-hydrogen) atoms. The Kier molecular flexibility index (Phi) is 7.67. The molecule has 0 aliphatic carbocycles. The molecule has 1 atom stereocenters. The maximum Gasteiger partial charge on any atom is 0.410 e. The number of hydrogen-bond acceptors (Lipinski definition) is 6. The van der Waals surface area contributed by atoms with Gasteiger partial charge in [-0.3, -0.25) is 9.59 Å². The molecule has 0 spiro atoms. The number of amides is 2. The fourth-order valence-electron chi connectivity index (χ4n) is 2.73. The summed E-state index contributed by atoms with van der Waals surface area (Å²) in [5.74, 6) is -0.779. The predicted molar refractivity (Wildman–Crippen MR) is 109 cm³/mol. The normalized spacial score (nSPS) is 17.1. The van der Waals surface area contributed by atoms with E-state index in [-0.39, 0.29) is 18.0 Å². The van der Waals surface area contributed by atoms with Crippen LogP contribution in [0.15, 0.2) is 35.4 Å². The summed E-state index contributed by atoms with van der Waals surface area (Å²) in [7, 11) is 0. The topological polar surface area (TPSA) is 108 Å². The van der Waals surface area contributed by atoms with Crippen LogP contribution < -0.4 is 5.43 Å². The number of nitrogens with zero attached hydrogens (tertiary/aromatic N) is 2. The highest BCUT2D eigenvalue weighted by molar-refractivity contribution is 5.96. The maximum atomic E-state index is 12.3. The van der Waals surface area contributed by atoms with E-state index in [1.165, 1.54) is 6.08 Å². The van der Waals surface area contributed by atoms with Gasteiger partial charge in [0.1, 0.15) is 12.2 Å². The summed E-state index contributed by atoms with van der Waals surface area (Å²) in [4.78, 5) is 37.1. The van der Waals surface area contributed by atoms with Gasteiger partial charge in [0.15, 0.2) is 5.78 Å². The quantitative estimate of drug-likeness (QED) is 0.432. The van der Waals surface area contributed by atoms with E-state index in [0.717, 1.165) is 18.4 Å². The average molecular weight is 401 g/mol. The summed E-state index contributed by atoms with van der Waals surface area (Å²) in [5, 5.41) is 12.7. The van der Waals surface area contributed by atoms with Crippen molar-refractivity contribution in [3.05, 3.63) is 41.5 Å². The molecule has 1 heterocycles. The van der Waals surface area contributed by atoms with Crippen molar-refractivity contribution in [2.75, 3.05) is 13.2 Å². The van der Waals surface area contributed by atoms with Gasteiger partial charge in [0.25, 0.3) is 5.91 Å². The third-order valence-corrected chi connectivity index (χ3v) is 4.13. The fourth-order valence-corrected chi connectivity index (χ4v) is 2.73. The molecule has 2 rings (SSSR count). The number of carbonyl (C=O) groups excluding carboxylic acids is 3. The van der Waals surface area contributed by atoms with Gasteiger partial charge in [-0.15, -0.1) is 0 Å². The van der Waals surface area contributed by atoms with Gasteiger partial charge in [0, 0.05) is 18.3 Å². The lowest BCUT2D eigenvalue weighted by molar-refractivity contribution is -0.117. The summed E-state index contributed by atoms with van der Waals surface area (Å²) in [6.07, 6.45) is 5.60. The molecule has 0 unspecified atom stereocenters. The standard InChI is InChI=1S/C21H27N3O5/c1-21(2,3)29-20(28)24-12-4-5-17(24)13-22-23-19(27)16-9-6-15(7-10-16)8-11-18(26)14-25/h6-11,13,17,25H,4-5,12,14H2,1-3H3,(H,23,27)/b11-8+,22-13+/t17-/m0/s1. The highest BCUT2D eigenvalue weighted by atomic mass is 16.6. The van der Waals surface area contributed by atoms with Gasteiger partial charge in [-0.05, 0) is 57.4 Å². The molecule has 2 N–H and O–H groups in total. The van der Waals surface area contributed by atoms with Crippen LogP contribution in [0.3, 0.4) is 0 Å². The Morgan fingerprint density at radius 2 is 1.97 bits per heavy atom. The zero-order valence-corrected chi connectivity index (χ0v) is 16.9. The van der Waals surface area contributed by atoms with Crippen LogP contribution in [-0.2, 0) is 9.53 Å². The smallest absolute Gasteiger partial charge is 0.410 e. The van der Waals surface area contributed by atoms with Crippen molar-refractivity contribution in [1.82, 2.24) is 10.3 Å². The molecule has 0 aromatic heterocycles. The molecule has 0 saturated carbocycles. The summed E-state index contributed by atoms with van der Waals surface area (Å²) < 4.78 is 5.40. The molecule has 8 heteroatoms. The number of carbonyl (C=O) groups is 3. The van der Waals surface area contributed by atoms with Gasteiger partial charge in [-0.25, -0.2) is 10.2 Å². The van der Waals surface area contributed by atoms with Crippen molar-refractivity contribution in [2.45, 2.75) is 45.3 Å². The fraction of sp³-hybridized carbons (Fsp3) is 0.429. The summed E-state index contributed by atoms with van der Waals surface area (Å²) in [5.41, 5.74) is 3.03. The number of ether oxygens (including phenoxy) is 1. The van der Waals surface area contributed by atoms with Crippen LogP contribution in [0.1, 0.15) is 49.5 Å². The second-order valence-corrected chi connectivity index (χ2v) is 7.68. The van der Waals surface area contributed by atoms with Crippen molar-refractivity contribution in [2.24, 2.45) is 5.10 Å². The molecule has 2 amide bonds. The first kappa shape index (κ1) is 22.3. The summed E-state index contributed by atoms with van der Waals surface area (Å²) >= 11 is 0. The minimum absolute atomic E-state index is 0.221. The van der Waals surface area contributed by atoms with E-state index in [1.807, 2.05) is 20.8 Å². The molecule has 1 fully saturated rings. The first-order valence-corrected chi connectivity index (χ1v) is 9.44. The molecule has 156 valence electrons. The predicted octanol–water partition coefficient (Wildman–Crippen LogP) is 2.38. The van der Waals surface area contributed by atoms with Crippen molar-refractivity contribution in [3.63, 3.8) is 0 Å². The molecular formula is C21H27N3O5. The Morgan fingerprint density at radius 1 is 1.28 bits per heavy atom. The Labute approximate surface area is 170 Å². The number of likely N-dealkylation sites (tertiary alicyclic amines) is 1. The second kappa shape index (κ2) is 9.97. The number of aliphatic hydroxyl groups is 1. The van der Waals surface area contributed by atoms with E-state index >= 15 is 0 Å². The Bertz CT molecular complexity index is 794. The number of benzene rings is 1. The molecule has 1 saturated heterocycles. The molecule has 8 nitrogen and oxygen atoms in total. The number of ketones is 1. The van der Waals surface area contributed by atoms with Crippen LogP contribution in [0.25, 0.3) is 6.08 Å². The second-order valence-electron chi connectivity index (χ2n) is 7.68. The van der Waals surface area contributed by atoms with Gasteiger partial charge < -0.3 is 14.7 Å². The van der Waals surface area contributed by atoms with Crippen LogP contribution in [-0.4, -0.2) is 58.8 Å². The van der Waals surface area contributed by atoms with E-state index in [9.17, 15) is 14.4 Å². The number of rotatable bonds is 6. The first-order valence-electron chi connectivity index (χ1n) is 9.44. The van der Waals surface area contributed by atoms with Crippen molar-refractivity contribution < 1.29 is 24.2 Å². The van der Waals surface area contributed by atoms with E-state index in [2.05, 4.69) is 10.5 Å². The van der Waals surface area contributed by atoms with Gasteiger partial charge >= 0.3 is 6.09 Å². The molecule has 1 aromatic carbocycles. The maximum absolute atomic E-state index is 12.3. The van der Waals surface area contributed by atoms with Gasteiger partial charge in [-0.1, -0.05) is 18.2 Å². The highest BCUT2D eigenvalue weighted by Gasteiger charge is 2.31. The van der Waals surface area contributed by atoms with E-state index in [0.29, 0.717) is 12.1 Å². The molecule has 1 aliphatic rings. The zero-order valence-electron chi connectivity index (χ0n) is 16.9. The Balaban J connectivity index is 1.91. The highest BCUT2D eigenvalue weighted by Crippen LogP contribution is 2.19. The lowest BCUT2D eigenvalue weighted by atomic mass is 10.1. The number of nitrogens with one attached hydrogen (secondary N) is 1. The Hall–Kier alpha value is -3.00. The third kappa shape index (κ3) is 7.15.